The Morgan fingerprint density at radius 1 is 0.700 bits per heavy atom. The molecule has 3 aliphatic carbocycles. The molecule has 246 valence electrons. The normalized spacial score (nSPS) is 16.2. The van der Waals surface area contributed by atoms with Crippen molar-refractivity contribution in [3.8, 4) is 22.3 Å². The standard InChI is InChI=1S/C48H42ClN/c1-7-15-31(8-2)36-18-12-13-21-45(36)50(34-24-22-33(23-25-34)32-16-10-9-11-17-32)35-26-27-37-38-29-43-39(30-42(38)48(5,6)41(37)28-35)46-40(47(43,3)4)19-14-20-44(46)49/h7-8,10,12-30H,1-2,9,11H2,3-6H3/b31-15+. The molecular formula is C48H42ClN. The molecule has 0 bridgehead atoms. The third-order valence-electron chi connectivity index (χ3n) is 11.1. The Balaban J connectivity index is 1.30. The molecule has 50 heavy (non-hydrogen) atoms. The van der Waals surface area contributed by atoms with E-state index in [2.05, 4.69) is 155 Å². The van der Waals surface area contributed by atoms with E-state index in [0.29, 0.717) is 0 Å². The summed E-state index contributed by atoms with van der Waals surface area (Å²) in [7, 11) is 0. The first kappa shape index (κ1) is 32.1. The maximum atomic E-state index is 6.90. The Morgan fingerprint density at radius 3 is 2.14 bits per heavy atom. The fourth-order valence-corrected chi connectivity index (χ4v) is 8.74. The van der Waals surface area contributed by atoms with E-state index in [9.17, 15) is 0 Å². The van der Waals surface area contributed by atoms with Crippen molar-refractivity contribution in [3.05, 3.63) is 185 Å². The lowest BCUT2D eigenvalue weighted by Crippen LogP contribution is -2.18. The van der Waals surface area contributed by atoms with E-state index < -0.39 is 0 Å². The van der Waals surface area contributed by atoms with Gasteiger partial charge >= 0.3 is 0 Å². The smallest absolute Gasteiger partial charge is 0.0540 e. The van der Waals surface area contributed by atoms with Crippen molar-refractivity contribution >= 4 is 39.8 Å². The molecule has 0 heterocycles. The van der Waals surface area contributed by atoms with Crippen LogP contribution in [0.4, 0.5) is 17.1 Å². The second-order valence-corrected chi connectivity index (χ2v) is 15.1. The zero-order valence-electron chi connectivity index (χ0n) is 29.4. The van der Waals surface area contributed by atoms with Gasteiger partial charge in [0.2, 0.25) is 0 Å². The van der Waals surface area contributed by atoms with E-state index in [0.717, 1.165) is 46.1 Å². The number of rotatable bonds is 7. The van der Waals surface area contributed by atoms with Gasteiger partial charge in [0.15, 0.2) is 0 Å². The second-order valence-electron chi connectivity index (χ2n) is 14.7. The summed E-state index contributed by atoms with van der Waals surface area (Å²) in [6, 6.07) is 35.8. The van der Waals surface area contributed by atoms with E-state index in [1.54, 1.807) is 0 Å². The van der Waals surface area contributed by atoms with Crippen LogP contribution in [-0.2, 0) is 10.8 Å². The number of anilines is 3. The molecule has 0 amide bonds. The number of benzene rings is 5. The number of halogens is 1. The summed E-state index contributed by atoms with van der Waals surface area (Å²) >= 11 is 6.90. The van der Waals surface area contributed by atoms with Gasteiger partial charge in [0.1, 0.15) is 0 Å². The largest absolute Gasteiger partial charge is 0.310 e. The molecule has 0 unspecified atom stereocenters. The Kier molecular flexibility index (Phi) is 7.73. The molecule has 0 saturated heterocycles. The highest BCUT2D eigenvalue weighted by Crippen LogP contribution is 2.58. The van der Waals surface area contributed by atoms with Gasteiger partial charge in [-0.2, -0.15) is 0 Å². The predicted octanol–water partition coefficient (Wildman–Crippen LogP) is 13.9. The Bertz CT molecular complexity index is 2310. The number of allylic oxidation sites excluding steroid dienone is 8. The van der Waals surface area contributed by atoms with E-state index in [1.165, 1.54) is 55.6 Å². The van der Waals surface area contributed by atoms with Crippen LogP contribution in [0, 0.1) is 0 Å². The zero-order chi connectivity index (χ0) is 34.8. The van der Waals surface area contributed by atoms with Crippen LogP contribution in [0.3, 0.4) is 0 Å². The molecule has 0 atom stereocenters. The highest BCUT2D eigenvalue weighted by Gasteiger charge is 2.42. The third kappa shape index (κ3) is 4.90. The Morgan fingerprint density at radius 2 is 1.40 bits per heavy atom. The fourth-order valence-electron chi connectivity index (χ4n) is 8.46. The molecular weight excluding hydrogens is 626 g/mol. The quantitative estimate of drug-likeness (QED) is 0.156. The first-order valence-corrected chi connectivity index (χ1v) is 18.0. The summed E-state index contributed by atoms with van der Waals surface area (Å²) < 4.78 is 0. The van der Waals surface area contributed by atoms with Crippen LogP contribution in [0.25, 0.3) is 33.4 Å². The third-order valence-corrected chi connectivity index (χ3v) is 11.4. The number of nitrogens with zero attached hydrogens (tertiary/aromatic N) is 1. The van der Waals surface area contributed by atoms with Gasteiger partial charge in [0.25, 0.3) is 0 Å². The van der Waals surface area contributed by atoms with Crippen molar-refractivity contribution < 1.29 is 0 Å². The molecule has 0 spiro atoms. The lowest BCUT2D eigenvalue weighted by molar-refractivity contribution is 0.652. The summed E-state index contributed by atoms with van der Waals surface area (Å²) in [6.07, 6.45) is 14.8. The SMILES string of the molecule is C=C/C=C(\C=C)c1ccccc1N(c1ccc(C2=CCCC=C2)cc1)c1ccc2c(c1)C(C)(C)c1cc3c(cc1-2)C(C)(C)c1cccc(Cl)c1-3. The van der Waals surface area contributed by atoms with Crippen molar-refractivity contribution in [3.63, 3.8) is 0 Å². The van der Waals surface area contributed by atoms with Crippen molar-refractivity contribution in [1.29, 1.82) is 0 Å². The highest BCUT2D eigenvalue weighted by molar-refractivity contribution is 6.34. The fraction of sp³-hybridized carbons (Fsp3) is 0.167. The monoisotopic (exact) mass is 667 g/mol. The maximum absolute atomic E-state index is 6.90. The Labute approximate surface area is 302 Å². The molecule has 0 aromatic heterocycles. The summed E-state index contributed by atoms with van der Waals surface area (Å²) in [4.78, 5) is 2.39. The van der Waals surface area contributed by atoms with Crippen molar-refractivity contribution in [2.75, 3.05) is 4.90 Å². The van der Waals surface area contributed by atoms with E-state index in [-0.39, 0.29) is 10.8 Å². The summed E-state index contributed by atoms with van der Waals surface area (Å²) in [5, 5.41) is 0.824. The average Bonchev–Trinajstić information content (AvgIpc) is 3.50. The predicted molar refractivity (Wildman–Crippen MR) is 216 cm³/mol. The van der Waals surface area contributed by atoms with E-state index in [4.69, 9.17) is 11.6 Å². The van der Waals surface area contributed by atoms with Crippen LogP contribution in [-0.4, -0.2) is 0 Å². The molecule has 0 saturated carbocycles. The number of hydrogen-bond acceptors (Lipinski definition) is 1. The van der Waals surface area contributed by atoms with Crippen molar-refractivity contribution in [1.82, 2.24) is 0 Å². The van der Waals surface area contributed by atoms with E-state index >= 15 is 0 Å². The molecule has 0 fully saturated rings. The van der Waals surface area contributed by atoms with Gasteiger partial charge < -0.3 is 4.90 Å². The topological polar surface area (TPSA) is 3.24 Å². The van der Waals surface area contributed by atoms with Gasteiger partial charge in [-0.3, -0.25) is 0 Å². The molecule has 0 aliphatic heterocycles. The molecule has 8 rings (SSSR count). The molecule has 2 heteroatoms. The lowest BCUT2D eigenvalue weighted by Gasteiger charge is -2.30. The van der Waals surface area contributed by atoms with Crippen molar-refractivity contribution in [2.45, 2.75) is 51.4 Å². The van der Waals surface area contributed by atoms with Gasteiger partial charge in [-0.15, -0.1) is 0 Å². The van der Waals surface area contributed by atoms with Crippen molar-refractivity contribution in [2.24, 2.45) is 0 Å². The summed E-state index contributed by atoms with van der Waals surface area (Å²) in [6.45, 7) is 17.5. The lowest BCUT2D eigenvalue weighted by atomic mass is 9.79. The van der Waals surface area contributed by atoms with Crippen LogP contribution in [0.5, 0.6) is 0 Å². The highest BCUT2D eigenvalue weighted by atomic mass is 35.5. The second kappa shape index (κ2) is 12.0. The minimum absolute atomic E-state index is 0.130. The van der Waals surface area contributed by atoms with Gasteiger partial charge in [-0.25, -0.2) is 0 Å². The minimum Gasteiger partial charge on any atom is -0.310 e. The van der Waals surface area contributed by atoms with Crippen LogP contribution >= 0.6 is 11.6 Å². The van der Waals surface area contributed by atoms with Crippen LogP contribution in [0.1, 0.15) is 73.9 Å². The van der Waals surface area contributed by atoms with Gasteiger partial charge in [-0.05, 0) is 117 Å². The van der Waals surface area contributed by atoms with E-state index in [1.807, 2.05) is 24.3 Å². The minimum atomic E-state index is -0.215. The molecule has 5 aromatic carbocycles. The van der Waals surface area contributed by atoms with Gasteiger partial charge in [0, 0.05) is 38.4 Å². The molecule has 0 N–H and O–H groups in total. The number of fused-ring (bicyclic) bond motifs is 6. The first-order chi connectivity index (χ1) is 24.1. The van der Waals surface area contributed by atoms with Crippen LogP contribution in [0.2, 0.25) is 5.02 Å². The first-order valence-electron chi connectivity index (χ1n) is 17.6. The zero-order valence-corrected chi connectivity index (χ0v) is 30.1. The molecule has 5 aromatic rings. The van der Waals surface area contributed by atoms with Gasteiger partial charge in [-0.1, -0.05) is 137 Å². The molecule has 1 nitrogen and oxygen atoms in total. The molecule has 0 radical (unpaired) electrons. The van der Waals surface area contributed by atoms with Gasteiger partial charge in [0.05, 0.1) is 5.69 Å². The molecule has 3 aliphatic rings. The average molecular weight is 668 g/mol. The van der Waals surface area contributed by atoms with Crippen LogP contribution < -0.4 is 4.90 Å². The maximum Gasteiger partial charge on any atom is 0.0540 e. The Hall–Kier alpha value is -5.11. The number of hydrogen-bond donors (Lipinski definition) is 0. The summed E-state index contributed by atoms with van der Waals surface area (Å²) in [5.41, 5.74) is 18.0. The number of para-hydroxylation sites is 1. The van der Waals surface area contributed by atoms with Crippen LogP contribution in [0.15, 0.2) is 147 Å². The summed E-state index contributed by atoms with van der Waals surface area (Å²) in [5.74, 6) is 0.